The molecule has 4 fully saturated rings. The Bertz CT molecular complexity index is 1170. The molecule has 5 aliphatic rings. The number of carbonyl (C=O) groups excluding carboxylic acids is 2. The van der Waals surface area contributed by atoms with E-state index >= 15 is 8.78 Å². The molecule has 1 saturated heterocycles. The lowest BCUT2D eigenvalue weighted by Gasteiger charge is -2.63. The van der Waals surface area contributed by atoms with E-state index in [0.29, 0.717) is 11.8 Å². The Labute approximate surface area is 215 Å². The standard InChI is InChI=1S/C26H27F3O5S2/c1-23-6-5-13(30)8-16(23)17(28)9-15-14-10-20-26(22(32)36-12-27,24(14,2)11-19(31)25(15,23)29)34-21(33-20)18-4-3-7-35-18/h3-8,14-15,17,19-21,31H,9-12H2,1-2H3/t14-,15-,17-,19-,20+,21?,23-,24-,25-,26-/m0/s1. The van der Waals surface area contributed by atoms with Crippen LogP contribution in [0.2, 0.25) is 0 Å². The van der Waals surface area contributed by atoms with E-state index in [1.807, 2.05) is 17.5 Å². The molecule has 1 aliphatic heterocycles. The summed E-state index contributed by atoms with van der Waals surface area (Å²) >= 11 is 1.88. The minimum Gasteiger partial charge on any atom is -0.390 e. The summed E-state index contributed by atoms with van der Waals surface area (Å²) in [6.07, 6.45) is -1.23. The van der Waals surface area contributed by atoms with E-state index in [2.05, 4.69) is 0 Å². The van der Waals surface area contributed by atoms with Gasteiger partial charge in [0.05, 0.1) is 17.1 Å². The molecule has 6 rings (SSSR count). The third kappa shape index (κ3) is 2.85. The summed E-state index contributed by atoms with van der Waals surface area (Å²) in [6.45, 7) is 3.29. The Kier molecular flexibility index (Phi) is 5.54. The first-order valence-corrected chi connectivity index (χ1v) is 14.0. The Morgan fingerprint density at radius 3 is 2.78 bits per heavy atom. The average Bonchev–Trinajstić information content (AvgIpc) is 3.53. The fraction of sp³-hybridized carbons (Fsp3) is 0.615. The number of thioether (sulfide) groups is 1. The quantitative estimate of drug-likeness (QED) is 0.581. The van der Waals surface area contributed by atoms with Crippen molar-refractivity contribution in [3.63, 3.8) is 0 Å². The predicted molar refractivity (Wildman–Crippen MR) is 128 cm³/mol. The van der Waals surface area contributed by atoms with Crippen LogP contribution in [0.25, 0.3) is 0 Å². The summed E-state index contributed by atoms with van der Waals surface area (Å²) in [4.78, 5) is 26.3. The molecule has 0 radical (unpaired) electrons. The van der Waals surface area contributed by atoms with Crippen molar-refractivity contribution in [2.75, 3.05) is 6.01 Å². The number of halogens is 3. The van der Waals surface area contributed by atoms with Gasteiger partial charge in [0, 0.05) is 16.7 Å². The van der Waals surface area contributed by atoms with Crippen LogP contribution >= 0.6 is 23.1 Å². The van der Waals surface area contributed by atoms with Gasteiger partial charge < -0.3 is 14.6 Å². The minimum absolute atomic E-state index is 0.0404. The number of rotatable bonds is 3. The molecule has 1 aromatic heterocycles. The zero-order chi connectivity index (χ0) is 25.7. The van der Waals surface area contributed by atoms with Crippen LogP contribution < -0.4 is 0 Å². The van der Waals surface area contributed by atoms with Crippen molar-refractivity contribution in [3.05, 3.63) is 46.2 Å². The van der Waals surface area contributed by atoms with Gasteiger partial charge in [0.1, 0.15) is 12.2 Å². The van der Waals surface area contributed by atoms with Gasteiger partial charge in [0.15, 0.2) is 23.3 Å². The number of aliphatic hydroxyl groups excluding tert-OH is 1. The van der Waals surface area contributed by atoms with Crippen LogP contribution in [-0.2, 0) is 19.1 Å². The van der Waals surface area contributed by atoms with Crippen LogP contribution in [0.3, 0.4) is 0 Å². The molecule has 0 bridgehead atoms. The molecule has 3 saturated carbocycles. The van der Waals surface area contributed by atoms with Gasteiger partial charge in [-0.1, -0.05) is 30.8 Å². The number of fused-ring (bicyclic) bond motifs is 7. The minimum atomic E-state index is -2.27. The van der Waals surface area contributed by atoms with E-state index in [9.17, 15) is 19.1 Å². The number of hydrogen-bond donors (Lipinski definition) is 1. The molecule has 10 atom stereocenters. The molecular formula is C26H27F3O5S2. The Hall–Kier alpha value is -1.46. The van der Waals surface area contributed by atoms with Gasteiger partial charge in [0.25, 0.3) is 0 Å². The molecule has 1 aromatic rings. The molecule has 4 aliphatic carbocycles. The Morgan fingerprint density at radius 1 is 1.31 bits per heavy atom. The number of hydrogen-bond acceptors (Lipinski definition) is 7. The summed E-state index contributed by atoms with van der Waals surface area (Å²) in [7, 11) is 0. The van der Waals surface area contributed by atoms with Gasteiger partial charge >= 0.3 is 0 Å². The number of allylic oxidation sites excluding steroid dienone is 4. The van der Waals surface area contributed by atoms with E-state index in [4.69, 9.17) is 9.47 Å². The Morgan fingerprint density at radius 2 is 2.08 bits per heavy atom. The third-order valence-corrected chi connectivity index (χ3v) is 11.2. The van der Waals surface area contributed by atoms with Crippen molar-refractivity contribution >= 4 is 34.0 Å². The second-order valence-electron chi connectivity index (χ2n) is 11.0. The van der Waals surface area contributed by atoms with Crippen LogP contribution in [0.4, 0.5) is 13.2 Å². The average molecular weight is 541 g/mol. The monoisotopic (exact) mass is 540 g/mol. The number of carbonyl (C=O) groups is 2. The molecule has 0 amide bonds. The van der Waals surface area contributed by atoms with Crippen LogP contribution in [-0.4, -0.2) is 51.7 Å². The third-order valence-electron chi connectivity index (χ3n) is 9.63. The molecule has 36 heavy (non-hydrogen) atoms. The number of aliphatic hydroxyl groups is 1. The molecular weight excluding hydrogens is 513 g/mol. The van der Waals surface area contributed by atoms with Gasteiger partial charge in [-0.3, -0.25) is 9.59 Å². The number of ketones is 1. The van der Waals surface area contributed by atoms with E-state index in [1.165, 1.54) is 30.4 Å². The topological polar surface area (TPSA) is 72.8 Å². The number of alkyl halides is 3. The molecule has 0 spiro atoms. The fourth-order valence-corrected chi connectivity index (χ4v) is 9.42. The molecule has 2 heterocycles. The Balaban J connectivity index is 1.46. The summed E-state index contributed by atoms with van der Waals surface area (Å²) in [6, 6.07) is 2.69. The largest absolute Gasteiger partial charge is 0.390 e. The van der Waals surface area contributed by atoms with Gasteiger partial charge in [-0.05, 0) is 61.3 Å². The molecule has 0 aromatic carbocycles. The fourth-order valence-electron chi connectivity index (χ4n) is 8.01. The smallest absolute Gasteiger partial charge is 0.226 e. The van der Waals surface area contributed by atoms with Gasteiger partial charge in [-0.2, -0.15) is 0 Å². The number of thiophene rings is 1. The number of ether oxygens (including phenoxy) is 2. The van der Waals surface area contributed by atoms with Crippen molar-refractivity contribution in [2.24, 2.45) is 22.7 Å². The van der Waals surface area contributed by atoms with Crippen LogP contribution in [0.5, 0.6) is 0 Å². The summed E-state index contributed by atoms with van der Waals surface area (Å²) < 4.78 is 59.0. The first-order valence-electron chi connectivity index (χ1n) is 12.1. The van der Waals surface area contributed by atoms with Gasteiger partial charge in [-0.15, -0.1) is 11.3 Å². The van der Waals surface area contributed by atoms with Crippen molar-refractivity contribution in [3.8, 4) is 0 Å². The lowest BCUT2D eigenvalue weighted by atomic mass is 9.44. The molecule has 1 N–H and O–H groups in total. The zero-order valence-corrected chi connectivity index (χ0v) is 21.4. The van der Waals surface area contributed by atoms with Crippen LogP contribution in [0.1, 0.15) is 44.3 Å². The molecule has 194 valence electrons. The van der Waals surface area contributed by atoms with E-state index < -0.39 is 75.5 Å². The highest BCUT2D eigenvalue weighted by Crippen LogP contribution is 2.73. The molecule has 10 heteroatoms. The highest BCUT2D eigenvalue weighted by Gasteiger charge is 2.80. The van der Waals surface area contributed by atoms with E-state index in [-0.39, 0.29) is 24.8 Å². The second-order valence-corrected chi connectivity index (χ2v) is 12.8. The van der Waals surface area contributed by atoms with Crippen LogP contribution in [0.15, 0.2) is 41.3 Å². The van der Waals surface area contributed by atoms with Gasteiger partial charge in [0.2, 0.25) is 5.12 Å². The first-order chi connectivity index (χ1) is 17.0. The summed E-state index contributed by atoms with van der Waals surface area (Å²) in [5.74, 6) is -1.96. The van der Waals surface area contributed by atoms with E-state index in [0.717, 1.165) is 11.0 Å². The lowest BCUT2D eigenvalue weighted by molar-refractivity contribution is -0.232. The van der Waals surface area contributed by atoms with E-state index in [1.54, 1.807) is 6.92 Å². The van der Waals surface area contributed by atoms with Crippen molar-refractivity contribution < 1.29 is 37.3 Å². The van der Waals surface area contributed by atoms with Crippen molar-refractivity contribution in [1.82, 2.24) is 0 Å². The normalized spacial score (nSPS) is 49.2. The first kappa shape index (κ1) is 24.9. The molecule has 5 nitrogen and oxygen atoms in total. The summed E-state index contributed by atoms with van der Waals surface area (Å²) in [5, 5.41) is 12.8. The highest BCUT2D eigenvalue weighted by molar-refractivity contribution is 8.13. The predicted octanol–water partition coefficient (Wildman–Crippen LogP) is 5.02. The van der Waals surface area contributed by atoms with Gasteiger partial charge in [-0.25, -0.2) is 13.2 Å². The zero-order valence-electron chi connectivity index (χ0n) is 19.8. The maximum Gasteiger partial charge on any atom is 0.226 e. The van der Waals surface area contributed by atoms with Crippen molar-refractivity contribution in [2.45, 2.75) is 69.0 Å². The lowest BCUT2D eigenvalue weighted by Crippen LogP contribution is -2.70. The maximum absolute atomic E-state index is 17.3. The van der Waals surface area contributed by atoms with Crippen LogP contribution in [0, 0.1) is 22.7 Å². The second kappa shape index (κ2) is 8.02. The highest BCUT2D eigenvalue weighted by atomic mass is 32.2. The maximum atomic E-state index is 17.3. The SMILES string of the molecule is C[C@]12C=CC(=O)C=C1[C@@H](F)C[C@H]1[C@@H]3C[C@H]4OC(c5cccs5)O[C@@]4(C(=O)SCF)[C@@]3(C)C[C@H](O)[C@@]12F. The summed E-state index contributed by atoms with van der Waals surface area (Å²) in [5.41, 5.74) is -6.50. The molecule has 1 unspecified atom stereocenters. The van der Waals surface area contributed by atoms with Crippen molar-refractivity contribution in [1.29, 1.82) is 0 Å².